The zero-order valence-corrected chi connectivity index (χ0v) is 10.6. The maximum absolute atomic E-state index is 8.24. The SMILES string of the molecule is Cc1[c-]c2ccccc2[nH]1.O=[C-]O.[Y]. The van der Waals surface area contributed by atoms with Crippen molar-refractivity contribution in [3.05, 3.63) is 36.0 Å². The number of aryl methyl sites for hydroxylation is 1. The molecule has 1 radical (unpaired) electrons. The molecule has 0 aliphatic heterocycles. The van der Waals surface area contributed by atoms with E-state index in [0.29, 0.717) is 6.47 Å². The number of nitrogens with one attached hydrogen (secondary N) is 1. The molecule has 0 saturated carbocycles. The van der Waals surface area contributed by atoms with Gasteiger partial charge in [0.2, 0.25) is 0 Å². The second kappa shape index (κ2) is 6.74. The number of benzene rings is 1. The summed E-state index contributed by atoms with van der Waals surface area (Å²) in [6, 6.07) is 11.4. The molecule has 0 unspecified atom stereocenters. The molecule has 3 nitrogen and oxygen atoms in total. The molecule has 0 aliphatic rings. The van der Waals surface area contributed by atoms with Crippen molar-refractivity contribution in [2.75, 3.05) is 0 Å². The quantitative estimate of drug-likeness (QED) is 0.714. The number of aromatic nitrogens is 1. The average molecular weight is 264 g/mol. The molecule has 0 amide bonds. The first-order chi connectivity index (χ1) is 6.27. The Balaban J connectivity index is 0.000000381. The third-order valence-corrected chi connectivity index (χ3v) is 1.57. The van der Waals surface area contributed by atoms with E-state index in [-0.39, 0.29) is 32.7 Å². The molecular weight excluding hydrogens is 255 g/mol. The van der Waals surface area contributed by atoms with Gasteiger partial charge in [-0.15, -0.1) is 6.07 Å². The van der Waals surface area contributed by atoms with E-state index < -0.39 is 0 Å². The van der Waals surface area contributed by atoms with E-state index in [1.807, 2.05) is 19.1 Å². The number of rotatable bonds is 0. The van der Waals surface area contributed by atoms with E-state index >= 15 is 0 Å². The third-order valence-electron chi connectivity index (χ3n) is 1.57. The molecule has 4 heteroatoms. The van der Waals surface area contributed by atoms with Crippen LogP contribution in [0.2, 0.25) is 0 Å². The molecule has 0 fully saturated rings. The molecular formula is C10H9NO2Y-2. The van der Waals surface area contributed by atoms with Crippen molar-refractivity contribution in [1.82, 2.24) is 4.98 Å². The van der Waals surface area contributed by atoms with Crippen molar-refractivity contribution in [3.63, 3.8) is 0 Å². The van der Waals surface area contributed by atoms with Gasteiger partial charge in [0.1, 0.15) is 0 Å². The number of hydrogen-bond acceptors (Lipinski definition) is 1. The van der Waals surface area contributed by atoms with Crippen LogP contribution in [-0.4, -0.2) is 16.6 Å². The van der Waals surface area contributed by atoms with Crippen LogP contribution in [0.1, 0.15) is 5.69 Å². The molecule has 71 valence electrons. The summed E-state index contributed by atoms with van der Waals surface area (Å²) in [5, 5.41) is 7.93. The van der Waals surface area contributed by atoms with Gasteiger partial charge in [-0.3, -0.25) is 0 Å². The number of hydrogen-bond donors (Lipinski definition) is 2. The summed E-state index contributed by atoms with van der Waals surface area (Å²) in [5.74, 6) is 0. The standard InChI is InChI=1S/C9H8N.CHO2.Y/c1-7-6-8-4-2-3-5-9(8)10-7;2-1-3;/h2-5,10H,1H3;(H,2,3);/q2*-1;. The maximum Gasteiger partial charge on any atom is 0 e. The van der Waals surface area contributed by atoms with Gasteiger partial charge in [-0.2, -0.15) is 17.5 Å². The number of aromatic amines is 1. The van der Waals surface area contributed by atoms with Gasteiger partial charge < -0.3 is 14.9 Å². The Kier molecular flexibility index (Phi) is 6.42. The number of H-pyrrole nitrogens is 1. The Morgan fingerprint density at radius 2 is 2.00 bits per heavy atom. The fraction of sp³-hybridized carbons (Fsp3) is 0.100. The van der Waals surface area contributed by atoms with E-state index in [1.165, 1.54) is 10.9 Å². The fourth-order valence-corrected chi connectivity index (χ4v) is 1.14. The molecule has 1 heterocycles. The monoisotopic (exact) mass is 264 g/mol. The predicted molar refractivity (Wildman–Crippen MR) is 50.2 cm³/mol. The van der Waals surface area contributed by atoms with Crippen molar-refractivity contribution in [1.29, 1.82) is 0 Å². The van der Waals surface area contributed by atoms with Crippen LogP contribution in [0.5, 0.6) is 0 Å². The maximum atomic E-state index is 8.24. The van der Waals surface area contributed by atoms with Gasteiger partial charge in [0.15, 0.2) is 0 Å². The second-order valence-electron chi connectivity index (χ2n) is 2.51. The number of para-hydroxylation sites is 1. The zero-order valence-electron chi connectivity index (χ0n) is 7.74. The minimum Gasteiger partial charge on any atom is -0.665 e. The van der Waals surface area contributed by atoms with Crippen LogP contribution in [0.25, 0.3) is 10.9 Å². The molecule has 0 bridgehead atoms. The number of fused-ring (bicyclic) bond motifs is 1. The minimum atomic E-state index is 0. The first-order valence-electron chi connectivity index (χ1n) is 3.76. The van der Waals surface area contributed by atoms with Crippen LogP contribution in [0.3, 0.4) is 0 Å². The Labute approximate surface area is 107 Å². The van der Waals surface area contributed by atoms with E-state index in [2.05, 4.69) is 23.2 Å². The van der Waals surface area contributed by atoms with Gasteiger partial charge in [-0.1, -0.05) is 29.8 Å². The van der Waals surface area contributed by atoms with Crippen LogP contribution in [-0.2, 0) is 37.5 Å². The van der Waals surface area contributed by atoms with Crippen molar-refractivity contribution < 1.29 is 42.6 Å². The zero-order chi connectivity index (χ0) is 9.68. The van der Waals surface area contributed by atoms with Gasteiger partial charge in [0.05, 0.1) is 0 Å². The minimum absolute atomic E-state index is 0. The summed E-state index contributed by atoms with van der Waals surface area (Å²) < 4.78 is 0. The molecule has 0 saturated heterocycles. The Bertz CT molecular complexity index is 365. The third kappa shape index (κ3) is 3.60. The van der Waals surface area contributed by atoms with Gasteiger partial charge >= 0.3 is 0 Å². The average Bonchev–Trinajstić information content (AvgIpc) is 2.45. The Morgan fingerprint density at radius 3 is 2.57 bits per heavy atom. The molecule has 1 aromatic carbocycles. The van der Waals surface area contributed by atoms with Gasteiger partial charge in [0.25, 0.3) is 0 Å². The van der Waals surface area contributed by atoms with Gasteiger partial charge in [-0.05, 0) is 6.92 Å². The topological polar surface area (TPSA) is 53.1 Å². The smallest absolute Gasteiger partial charge is 0 e. The summed E-state index contributed by atoms with van der Waals surface area (Å²) >= 11 is 0. The molecule has 2 N–H and O–H groups in total. The summed E-state index contributed by atoms with van der Waals surface area (Å²) in [6.07, 6.45) is 0. The molecule has 0 aliphatic carbocycles. The molecule has 0 spiro atoms. The van der Waals surface area contributed by atoms with Crippen LogP contribution in [0.4, 0.5) is 0 Å². The first-order valence-corrected chi connectivity index (χ1v) is 3.76. The normalized spacial score (nSPS) is 8.36. The van der Waals surface area contributed by atoms with Crippen LogP contribution in [0, 0.1) is 13.0 Å². The summed E-state index contributed by atoms with van der Waals surface area (Å²) in [5.41, 5.74) is 2.27. The van der Waals surface area contributed by atoms with Gasteiger partial charge in [0, 0.05) is 32.7 Å². The van der Waals surface area contributed by atoms with Crippen LogP contribution >= 0.6 is 0 Å². The molecule has 1 aromatic heterocycles. The van der Waals surface area contributed by atoms with E-state index in [0.717, 1.165) is 5.69 Å². The van der Waals surface area contributed by atoms with E-state index in [1.54, 1.807) is 0 Å². The summed E-state index contributed by atoms with van der Waals surface area (Å²) in [6.45, 7) is 2.51. The molecule has 14 heavy (non-hydrogen) atoms. The molecule has 0 atom stereocenters. The Morgan fingerprint density at radius 1 is 1.43 bits per heavy atom. The second-order valence-corrected chi connectivity index (χ2v) is 2.51. The fourth-order valence-electron chi connectivity index (χ4n) is 1.14. The van der Waals surface area contributed by atoms with Crippen molar-refractivity contribution in [3.8, 4) is 0 Å². The van der Waals surface area contributed by atoms with Crippen molar-refractivity contribution in [2.45, 2.75) is 6.92 Å². The molecule has 2 rings (SSSR count). The van der Waals surface area contributed by atoms with Crippen molar-refractivity contribution in [2.24, 2.45) is 0 Å². The van der Waals surface area contributed by atoms with Crippen molar-refractivity contribution >= 4 is 17.4 Å². The first kappa shape index (κ1) is 13.3. The predicted octanol–water partition coefficient (Wildman–Crippen LogP) is 1.89. The van der Waals surface area contributed by atoms with Crippen LogP contribution in [0.15, 0.2) is 24.3 Å². The van der Waals surface area contributed by atoms with E-state index in [4.69, 9.17) is 9.90 Å². The largest absolute Gasteiger partial charge is 0.665 e. The van der Waals surface area contributed by atoms with Crippen LogP contribution < -0.4 is 0 Å². The summed E-state index contributed by atoms with van der Waals surface area (Å²) in [7, 11) is 0. The summed E-state index contributed by atoms with van der Waals surface area (Å²) in [4.78, 5) is 11.4. The molecule has 2 aromatic rings. The van der Waals surface area contributed by atoms with E-state index in [9.17, 15) is 0 Å². The Hall–Kier alpha value is -0.666. The number of aliphatic hydroxyl groups excluding tert-OH is 1. The van der Waals surface area contributed by atoms with Gasteiger partial charge in [-0.25, -0.2) is 0 Å².